The summed E-state index contributed by atoms with van der Waals surface area (Å²) >= 11 is 0. The molecule has 2 aromatic carbocycles. The Kier molecular flexibility index (Phi) is 7.61. The third-order valence-corrected chi connectivity index (χ3v) is 3.88. The second-order valence-corrected chi connectivity index (χ2v) is 5.50. The van der Waals surface area contributed by atoms with Crippen molar-refractivity contribution in [2.75, 3.05) is 40.3 Å². The number of guanidine groups is 1. The maximum atomic E-state index is 5.54. The number of anilines is 1. The van der Waals surface area contributed by atoms with Gasteiger partial charge in [0.15, 0.2) is 29.0 Å². The lowest BCUT2D eigenvalue weighted by Gasteiger charge is -2.16. The molecule has 7 heteroatoms. The monoisotopic (exact) mass is 373 g/mol. The van der Waals surface area contributed by atoms with E-state index in [2.05, 4.69) is 15.6 Å². The Bertz CT molecular complexity index is 778. The van der Waals surface area contributed by atoms with Crippen molar-refractivity contribution in [3.8, 4) is 23.0 Å². The fourth-order valence-corrected chi connectivity index (χ4v) is 2.61. The van der Waals surface area contributed by atoms with Gasteiger partial charge in [-0.2, -0.15) is 0 Å². The number of nitrogens with one attached hydrogen (secondary N) is 2. The molecule has 2 N–H and O–H groups in total. The van der Waals surface area contributed by atoms with E-state index in [1.807, 2.05) is 43.3 Å². The number of benzene rings is 2. The molecule has 0 amide bonds. The first-order chi connectivity index (χ1) is 13.2. The maximum absolute atomic E-state index is 5.54. The summed E-state index contributed by atoms with van der Waals surface area (Å²) in [6.45, 7) is 3.03. The van der Waals surface area contributed by atoms with Gasteiger partial charge in [0.05, 0.1) is 27.9 Å². The van der Waals surface area contributed by atoms with Crippen LogP contribution in [0.4, 0.5) is 5.69 Å². The van der Waals surface area contributed by atoms with Gasteiger partial charge in [-0.25, -0.2) is 0 Å². The molecule has 0 radical (unpaired) electrons. The Morgan fingerprint density at radius 1 is 0.963 bits per heavy atom. The summed E-state index contributed by atoms with van der Waals surface area (Å²) in [5.74, 6) is 3.37. The molecule has 2 aromatic rings. The zero-order valence-corrected chi connectivity index (χ0v) is 16.5. The zero-order chi connectivity index (χ0) is 19.6. The Morgan fingerprint density at radius 2 is 1.74 bits per heavy atom. The van der Waals surface area contributed by atoms with E-state index >= 15 is 0 Å². The lowest BCUT2D eigenvalue weighted by molar-refractivity contribution is 0.311. The summed E-state index contributed by atoms with van der Waals surface area (Å²) in [6, 6.07) is 11.4. The number of rotatable bonds is 8. The van der Waals surface area contributed by atoms with Gasteiger partial charge in [0, 0.05) is 30.9 Å². The van der Waals surface area contributed by atoms with E-state index < -0.39 is 0 Å². The van der Waals surface area contributed by atoms with Crippen molar-refractivity contribution in [1.29, 1.82) is 0 Å². The Balaban J connectivity index is 2.09. The number of aliphatic imine (C=N–C) groups is 1. The predicted octanol–water partition coefficient (Wildman–Crippen LogP) is 3.30. The number of para-hydroxylation sites is 1. The fraction of sp³-hybridized carbons (Fsp3) is 0.350. The van der Waals surface area contributed by atoms with Crippen LogP contribution in [-0.2, 0) is 6.54 Å². The van der Waals surface area contributed by atoms with Crippen molar-refractivity contribution in [3.05, 3.63) is 42.0 Å². The van der Waals surface area contributed by atoms with E-state index in [4.69, 9.17) is 18.9 Å². The van der Waals surface area contributed by atoms with Crippen molar-refractivity contribution < 1.29 is 18.9 Å². The molecular weight excluding hydrogens is 346 g/mol. The summed E-state index contributed by atoms with van der Waals surface area (Å²) < 4.78 is 21.7. The Hall–Kier alpha value is -3.09. The third-order valence-electron chi connectivity index (χ3n) is 3.88. The quantitative estimate of drug-likeness (QED) is 0.546. The first-order valence-electron chi connectivity index (χ1n) is 8.65. The van der Waals surface area contributed by atoms with Crippen molar-refractivity contribution in [1.82, 2.24) is 5.32 Å². The SMILES string of the molecule is CCOc1ccc(NC(=NC)NCc2cccc(OC)c2OC)cc1OC. The minimum absolute atomic E-state index is 0.522. The van der Waals surface area contributed by atoms with Crippen LogP contribution >= 0.6 is 0 Å². The van der Waals surface area contributed by atoms with E-state index in [0.29, 0.717) is 42.1 Å². The molecule has 0 heterocycles. The summed E-state index contributed by atoms with van der Waals surface area (Å²) in [7, 11) is 6.57. The number of methoxy groups -OCH3 is 3. The van der Waals surface area contributed by atoms with Gasteiger partial charge in [0.2, 0.25) is 0 Å². The summed E-state index contributed by atoms with van der Waals surface area (Å²) in [6.07, 6.45) is 0. The number of hydrogen-bond acceptors (Lipinski definition) is 5. The van der Waals surface area contributed by atoms with E-state index in [-0.39, 0.29) is 0 Å². The molecule has 0 aliphatic carbocycles. The van der Waals surface area contributed by atoms with Crippen LogP contribution in [0, 0.1) is 0 Å². The largest absolute Gasteiger partial charge is 0.493 e. The molecule has 0 aliphatic heterocycles. The highest BCUT2D eigenvalue weighted by Crippen LogP contribution is 2.31. The molecular formula is C20H27N3O4. The van der Waals surface area contributed by atoms with E-state index in [1.54, 1.807) is 28.4 Å². The Labute approximate surface area is 160 Å². The molecule has 0 fully saturated rings. The van der Waals surface area contributed by atoms with Crippen LogP contribution in [0.15, 0.2) is 41.4 Å². The van der Waals surface area contributed by atoms with Crippen molar-refractivity contribution in [2.45, 2.75) is 13.5 Å². The molecule has 2 rings (SSSR count). The molecule has 0 aromatic heterocycles. The van der Waals surface area contributed by atoms with Crippen LogP contribution in [0.25, 0.3) is 0 Å². The van der Waals surface area contributed by atoms with Gasteiger partial charge in [-0.05, 0) is 25.1 Å². The molecule has 27 heavy (non-hydrogen) atoms. The second kappa shape index (κ2) is 10.2. The van der Waals surface area contributed by atoms with Crippen molar-refractivity contribution >= 4 is 11.6 Å². The molecule has 0 aliphatic rings. The second-order valence-electron chi connectivity index (χ2n) is 5.50. The van der Waals surface area contributed by atoms with Crippen LogP contribution < -0.4 is 29.6 Å². The van der Waals surface area contributed by atoms with Crippen LogP contribution in [-0.4, -0.2) is 40.9 Å². The van der Waals surface area contributed by atoms with Crippen LogP contribution in [0.3, 0.4) is 0 Å². The van der Waals surface area contributed by atoms with E-state index in [9.17, 15) is 0 Å². The third kappa shape index (κ3) is 5.20. The lowest BCUT2D eigenvalue weighted by Crippen LogP contribution is -2.30. The lowest BCUT2D eigenvalue weighted by atomic mass is 10.2. The first-order valence-corrected chi connectivity index (χ1v) is 8.65. The standard InChI is InChI=1S/C20H27N3O4/c1-6-27-16-11-10-15(12-18(16)25-4)23-20(21-2)22-13-14-8-7-9-17(24-3)19(14)26-5/h7-12H,6,13H2,1-5H3,(H2,21,22,23). The molecule has 0 atom stereocenters. The fourth-order valence-electron chi connectivity index (χ4n) is 2.61. The van der Waals surface area contributed by atoms with E-state index in [1.165, 1.54) is 0 Å². The number of ether oxygens (including phenoxy) is 4. The van der Waals surface area contributed by atoms with Crippen LogP contribution in [0.1, 0.15) is 12.5 Å². The minimum Gasteiger partial charge on any atom is -0.493 e. The highest BCUT2D eigenvalue weighted by molar-refractivity contribution is 5.93. The topological polar surface area (TPSA) is 73.3 Å². The summed E-state index contributed by atoms with van der Waals surface area (Å²) in [4.78, 5) is 4.26. The maximum Gasteiger partial charge on any atom is 0.195 e. The molecule has 0 saturated carbocycles. The zero-order valence-electron chi connectivity index (χ0n) is 16.5. The molecule has 0 saturated heterocycles. The van der Waals surface area contributed by atoms with Gasteiger partial charge in [0.25, 0.3) is 0 Å². The van der Waals surface area contributed by atoms with Gasteiger partial charge in [-0.1, -0.05) is 12.1 Å². The van der Waals surface area contributed by atoms with E-state index in [0.717, 1.165) is 11.3 Å². The van der Waals surface area contributed by atoms with Gasteiger partial charge < -0.3 is 29.6 Å². The van der Waals surface area contributed by atoms with Gasteiger partial charge in [0.1, 0.15) is 0 Å². The summed E-state index contributed by atoms with van der Waals surface area (Å²) in [5, 5.41) is 6.51. The molecule has 7 nitrogen and oxygen atoms in total. The smallest absolute Gasteiger partial charge is 0.195 e. The minimum atomic E-state index is 0.522. The van der Waals surface area contributed by atoms with Crippen LogP contribution in [0.5, 0.6) is 23.0 Å². The Morgan fingerprint density at radius 3 is 2.37 bits per heavy atom. The molecule has 0 spiro atoms. The molecule has 0 unspecified atom stereocenters. The predicted molar refractivity (Wildman–Crippen MR) is 108 cm³/mol. The highest BCUT2D eigenvalue weighted by Gasteiger charge is 2.11. The number of nitrogens with zero attached hydrogens (tertiary/aromatic N) is 1. The normalized spacial score (nSPS) is 10.9. The van der Waals surface area contributed by atoms with Crippen molar-refractivity contribution in [2.24, 2.45) is 4.99 Å². The van der Waals surface area contributed by atoms with Gasteiger partial charge in [-0.3, -0.25) is 4.99 Å². The number of hydrogen-bond donors (Lipinski definition) is 2. The molecule has 0 bridgehead atoms. The summed E-state index contributed by atoms with van der Waals surface area (Å²) in [5.41, 5.74) is 1.80. The van der Waals surface area contributed by atoms with Crippen molar-refractivity contribution in [3.63, 3.8) is 0 Å². The average Bonchev–Trinajstić information content (AvgIpc) is 2.71. The average molecular weight is 373 g/mol. The molecule has 146 valence electrons. The van der Waals surface area contributed by atoms with Gasteiger partial charge in [-0.15, -0.1) is 0 Å². The van der Waals surface area contributed by atoms with Crippen LogP contribution in [0.2, 0.25) is 0 Å². The van der Waals surface area contributed by atoms with Gasteiger partial charge >= 0.3 is 0 Å². The highest BCUT2D eigenvalue weighted by atomic mass is 16.5. The first kappa shape index (κ1) is 20.2.